The summed E-state index contributed by atoms with van der Waals surface area (Å²) in [6.07, 6.45) is 67.3. The molecule has 0 radical (unpaired) electrons. The van der Waals surface area contributed by atoms with Crippen LogP contribution in [0.1, 0.15) is 291 Å². The van der Waals surface area contributed by atoms with E-state index >= 15 is 0 Å². The molecule has 5 heteroatoms. The highest BCUT2D eigenvalue weighted by molar-refractivity contribution is 7.46. The van der Waals surface area contributed by atoms with Gasteiger partial charge in [0.2, 0.25) is 0 Å². The average molecular weight is 1120 g/mol. The molecule has 452 valence electrons. The molecule has 0 aromatic rings. The Kier molecular flexibility index (Phi) is 46.4. The van der Waals surface area contributed by atoms with Crippen molar-refractivity contribution in [3.8, 4) is 0 Å². The number of hydrogen-bond donors (Lipinski definition) is 2. The number of phosphoric acid groups is 1. The topological polar surface area (TPSA) is 66.8 Å². The van der Waals surface area contributed by atoms with Crippen LogP contribution in [0, 0.1) is 0 Å². The molecular weight excluding hydrogens is 996 g/mol. The molecule has 0 heterocycles. The van der Waals surface area contributed by atoms with Crippen LogP contribution in [-0.2, 0) is 9.09 Å². The van der Waals surface area contributed by atoms with E-state index in [4.69, 9.17) is 9.79 Å². The minimum Gasteiger partial charge on any atom is -0.303 e. The van der Waals surface area contributed by atoms with Crippen LogP contribution in [-0.4, -0.2) is 16.4 Å². The zero-order chi connectivity index (χ0) is 60.0. The zero-order valence-corrected chi connectivity index (χ0v) is 55.7. The fourth-order valence-electron chi connectivity index (χ4n) is 9.40. The van der Waals surface area contributed by atoms with Crippen LogP contribution >= 0.6 is 7.82 Å². The molecule has 2 N–H and O–H groups in total. The SMILES string of the molecule is CC(C)=CCC/C(C)=C/CC/C(C)=C/CC/C(C)=C/CC/C(C)=C/CC/C(C)=C/CC/C(C)=C/CC/C(C)=C/CC/C(C)=C/CC/C(C)=C/CC/C(C)=C/CC/C(C)=C/CC/C(C)=C/CC/C(C)=C/CC/C(C)=C/COP(=O)(O)O. The van der Waals surface area contributed by atoms with Crippen LogP contribution in [0.3, 0.4) is 0 Å². The summed E-state index contributed by atoms with van der Waals surface area (Å²) in [5.74, 6) is 0. The van der Waals surface area contributed by atoms with Gasteiger partial charge in [0.05, 0.1) is 6.61 Å². The minimum absolute atomic E-state index is 0.0565. The monoisotopic (exact) mass is 1120 g/mol. The molecular formula is C75H123O4P. The highest BCUT2D eigenvalue weighted by Crippen LogP contribution is 2.35. The van der Waals surface area contributed by atoms with E-state index in [2.05, 4.69) is 193 Å². The molecule has 0 amide bonds. The Labute approximate surface area is 496 Å². The Bertz CT molecular complexity index is 2270. The summed E-state index contributed by atoms with van der Waals surface area (Å²) in [6.45, 7) is 36.0. The van der Waals surface area contributed by atoms with Crippen molar-refractivity contribution >= 4 is 7.82 Å². The maximum atomic E-state index is 10.8. The highest BCUT2D eigenvalue weighted by Gasteiger charge is 2.11. The third-order valence-corrected chi connectivity index (χ3v) is 15.7. The van der Waals surface area contributed by atoms with Crippen LogP contribution < -0.4 is 0 Å². The van der Waals surface area contributed by atoms with Crippen molar-refractivity contribution in [2.45, 2.75) is 291 Å². The van der Waals surface area contributed by atoms with Crippen molar-refractivity contribution in [1.82, 2.24) is 0 Å². The van der Waals surface area contributed by atoms with Gasteiger partial charge in [-0.05, 0) is 291 Å². The van der Waals surface area contributed by atoms with Crippen molar-refractivity contribution < 1.29 is 18.9 Å². The van der Waals surface area contributed by atoms with Gasteiger partial charge in [-0.25, -0.2) is 4.57 Å². The van der Waals surface area contributed by atoms with Crippen molar-refractivity contribution in [2.24, 2.45) is 0 Å². The first-order chi connectivity index (χ1) is 37.9. The lowest BCUT2D eigenvalue weighted by Gasteiger charge is -2.05. The van der Waals surface area contributed by atoms with Gasteiger partial charge < -0.3 is 9.79 Å². The molecule has 0 saturated carbocycles. The van der Waals surface area contributed by atoms with Gasteiger partial charge in [-0.2, -0.15) is 0 Å². The van der Waals surface area contributed by atoms with Crippen molar-refractivity contribution in [1.29, 1.82) is 0 Å². The molecule has 0 bridgehead atoms. The van der Waals surface area contributed by atoms with Gasteiger partial charge in [0.25, 0.3) is 0 Å². The van der Waals surface area contributed by atoms with E-state index in [1.165, 1.54) is 117 Å². The fraction of sp³-hybridized carbons (Fsp3) is 0.600. The third kappa shape index (κ3) is 52.3. The van der Waals surface area contributed by atoms with Crippen molar-refractivity contribution in [2.75, 3.05) is 6.61 Å². The van der Waals surface area contributed by atoms with Gasteiger partial charge in [-0.15, -0.1) is 0 Å². The van der Waals surface area contributed by atoms with Gasteiger partial charge >= 0.3 is 7.82 Å². The predicted octanol–water partition coefficient (Wildman–Crippen LogP) is 25.2. The normalized spacial score (nSPS) is 15.2. The first-order valence-electron chi connectivity index (χ1n) is 31.5. The summed E-state index contributed by atoms with van der Waals surface area (Å²) < 4.78 is 15.3. The summed E-state index contributed by atoms with van der Waals surface area (Å²) in [5.41, 5.74) is 22.0. The highest BCUT2D eigenvalue weighted by atomic mass is 31.2. The molecule has 80 heavy (non-hydrogen) atoms. The lowest BCUT2D eigenvalue weighted by Crippen LogP contribution is -1.89. The maximum absolute atomic E-state index is 10.8. The Hall–Kier alpha value is -3.79. The van der Waals surface area contributed by atoms with E-state index in [1.807, 2.05) is 6.92 Å². The van der Waals surface area contributed by atoms with Crippen LogP contribution in [0.5, 0.6) is 0 Å². The Balaban J connectivity index is 4.33. The molecule has 0 fully saturated rings. The molecule has 0 aromatic carbocycles. The largest absolute Gasteiger partial charge is 0.469 e. The third-order valence-electron chi connectivity index (χ3n) is 15.2. The summed E-state index contributed by atoms with van der Waals surface area (Å²) in [7, 11) is -4.40. The van der Waals surface area contributed by atoms with Gasteiger partial charge in [-0.1, -0.05) is 175 Å². The van der Waals surface area contributed by atoms with Gasteiger partial charge in [0.15, 0.2) is 0 Å². The van der Waals surface area contributed by atoms with E-state index in [0.717, 1.165) is 147 Å². The smallest absolute Gasteiger partial charge is 0.303 e. The lowest BCUT2D eigenvalue weighted by molar-refractivity contribution is 0.215. The molecule has 0 rings (SSSR count). The molecule has 0 saturated heterocycles. The maximum Gasteiger partial charge on any atom is 0.469 e. The Morgan fingerprint density at radius 1 is 0.237 bits per heavy atom. The van der Waals surface area contributed by atoms with Crippen LogP contribution in [0.4, 0.5) is 0 Å². The molecule has 0 aromatic heterocycles. The van der Waals surface area contributed by atoms with E-state index < -0.39 is 7.82 Å². The second kappa shape index (κ2) is 48.7. The second-order valence-corrected chi connectivity index (χ2v) is 25.6. The van der Waals surface area contributed by atoms with E-state index in [-0.39, 0.29) is 6.61 Å². The second-order valence-electron chi connectivity index (χ2n) is 24.3. The van der Waals surface area contributed by atoms with E-state index in [0.29, 0.717) is 0 Å². The summed E-state index contributed by atoms with van der Waals surface area (Å²) in [4.78, 5) is 17.6. The molecule has 4 nitrogen and oxygen atoms in total. The minimum atomic E-state index is -4.40. The Morgan fingerprint density at radius 3 is 0.487 bits per heavy atom. The van der Waals surface area contributed by atoms with Gasteiger partial charge in [0, 0.05) is 0 Å². The number of rotatable bonds is 45. The van der Waals surface area contributed by atoms with Gasteiger partial charge in [0.1, 0.15) is 0 Å². The Morgan fingerprint density at radius 2 is 0.362 bits per heavy atom. The summed E-state index contributed by atoms with van der Waals surface area (Å²) in [6, 6.07) is 0. The van der Waals surface area contributed by atoms with Crippen LogP contribution in [0.2, 0.25) is 0 Å². The van der Waals surface area contributed by atoms with Crippen molar-refractivity contribution in [3.63, 3.8) is 0 Å². The number of hydrogen-bond acceptors (Lipinski definition) is 2. The number of phosphoric ester groups is 1. The molecule has 0 spiro atoms. The first kappa shape index (κ1) is 76.2. The predicted molar refractivity (Wildman–Crippen MR) is 359 cm³/mol. The molecule has 0 atom stereocenters. The zero-order valence-electron chi connectivity index (χ0n) is 54.8. The molecule has 0 aliphatic carbocycles. The number of allylic oxidation sites excluding steroid dienone is 29. The molecule has 0 unspecified atom stereocenters. The average Bonchev–Trinajstić information content (AvgIpc) is 3.36. The summed E-state index contributed by atoms with van der Waals surface area (Å²) in [5, 5.41) is 0. The van der Waals surface area contributed by atoms with E-state index in [9.17, 15) is 4.57 Å². The fourth-order valence-corrected chi connectivity index (χ4v) is 9.66. The summed E-state index contributed by atoms with van der Waals surface area (Å²) >= 11 is 0. The van der Waals surface area contributed by atoms with E-state index in [1.54, 1.807) is 6.08 Å². The quantitative estimate of drug-likeness (QED) is 0.0471. The molecule has 0 aliphatic heterocycles. The lowest BCUT2D eigenvalue weighted by atomic mass is 10.0. The first-order valence-corrected chi connectivity index (χ1v) is 33.0. The van der Waals surface area contributed by atoms with Crippen molar-refractivity contribution in [3.05, 3.63) is 175 Å². The standard InChI is InChI=1S/C75H123O4P/c1-61(2)31-17-32-62(3)33-18-34-63(4)35-19-36-64(5)37-20-38-65(6)39-21-40-66(7)41-22-42-67(8)43-23-44-68(9)45-24-46-69(10)47-25-48-70(11)49-26-50-71(12)51-27-52-72(13)53-28-54-73(14)55-29-56-74(15)57-30-58-75(16)59-60-79-80(76,77)78/h31,33,35,37,39,41,43,45,47,49,51,53,55,57,59H,17-30,32,34,36,38,40,42,44,46,48,50,52,54,56,58,60H2,1-16H3,(H2,76,77,78)/b62-33+,63-35+,64-37+,65-39+,66-41+,67-43+,68-45+,69-47+,70-49+,71-51+,72-53+,73-55+,74-57+,75-59+. The van der Waals surface area contributed by atoms with Crippen LogP contribution in [0.15, 0.2) is 175 Å². The van der Waals surface area contributed by atoms with Gasteiger partial charge in [-0.3, -0.25) is 4.52 Å². The molecule has 0 aliphatic rings. The van der Waals surface area contributed by atoms with Crippen LogP contribution in [0.25, 0.3) is 0 Å².